The van der Waals surface area contributed by atoms with E-state index in [-0.39, 0.29) is 34.4 Å². The first-order valence-corrected chi connectivity index (χ1v) is 10.9. The monoisotopic (exact) mass is 482 g/mol. The summed E-state index contributed by atoms with van der Waals surface area (Å²) in [6, 6.07) is 3.09. The van der Waals surface area contributed by atoms with Crippen molar-refractivity contribution in [2.45, 2.75) is 32.7 Å². The molecule has 0 bridgehead atoms. The Balaban J connectivity index is 0.00000192. The molecule has 5 N–H and O–H groups in total. The molecule has 1 atom stereocenters. The van der Waals surface area contributed by atoms with Gasteiger partial charge in [0.25, 0.3) is 5.91 Å². The molecule has 13 heteroatoms. The Kier molecular flexibility index (Phi) is 13.8. The van der Waals surface area contributed by atoms with E-state index < -0.39 is 31.1 Å². The van der Waals surface area contributed by atoms with Crippen LogP contribution in [-0.4, -0.2) is 68.3 Å². The lowest BCUT2D eigenvalue weighted by Gasteiger charge is -2.30. The van der Waals surface area contributed by atoms with Gasteiger partial charge in [0.05, 0.1) is 10.6 Å². The predicted molar refractivity (Wildman–Crippen MR) is 117 cm³/mol. The number of benzene rings is 1. The van der Waals surface area contributed by atoms with Crippen LogP contribution in [0.1, 0.15) is 37.0 Å². The molecule has 0 radical (unpaired) electrons. The summed E-state index contributed by atoms with van der Waals surface area (Å²) in [7, 11) is -2.17. The number of hydrogen-bond acceptors (Lipinski definition) is 7. The van der Waals surface area contributed by atoms with Gasteiger partial charge in [-0.3, -0.25) is 15.0 Å². The van der Waals surface area contributed by atoms with Crippen LogP contribution in [0.3, 0.4) is 0 Å². The highest BCUT2D eigenvalue weighted by Gasteiger charge is 2.33. The number of carboxylic acid groups (broad SMARTS) is 1. The van der Waals surface area contributed by atoms with E-state index in [1.54, 1.807) is 0 Å². The fraction of sp³-hybridized carbons (Fsp3) is 0.471. The molecule has 168 valence electrons. The van der Waals surface area contributed by atoms with Crippen molar-refractivity contribution in [3.05, 3.63) is 33.8 Å². The number of hydrazine groups is 1. The summed E-state index contributed by atoms with van der Waals surface area (Å²) < 4.78 is 0. The Morgan fingerprint density at radius 2 is 1.77 bits per heavy atom. The lowest BCUT2D eigenvalue weighted by Crippen LogP contribution is -2.55. The molecule has 0 aliphatic carbocycles. The van der Waals surface area contributed by atoms with Crippen molar-refractivity contribution in [3.8, 4) is 0 Å². The summed E-state index contributed by atoms with van der Waals surface area (Å²) >= 11 is 13.5. The predicted octanol–water partition coefficient (Wildman–Crippen LogP) is 1.67. The van der Waals surface area contributed by atoms with Crippen LogP contribution in [0.2, 0.25) is 10.0 Å². The van der Waals surface area contributed by atoms with Crippen molar-refractivity contribution in [1.29, 1.82) is 0 Å². The van der Waals surface area contributed by atoms with Crippen molar-refractivity contribution in [2.75, 3.05) is 12.0 Å². The number of thioether (sulfide) groups is 1. The van der Waals surface area contributed by atoms with Gasteiger partial charge in [-0.25, -0.2) is 9.80 Å². The summed E-state index contributed by atoms with van der Waals surface area (Å²) in [6.45, 7) is 3.67. The molecule has 0 spiro atoms. The van der Waals surface area contributed by atoms with Crippen LogP contribution in [0.4, 0.5) is 0 Å². The smallest absolute Gasteiger partial charge is 0.480 e. The standard InChI is InChI=1S/C17H22Cl2N2O4S.BH3O3/c1-10(2)8-14(17(24)25)21(20-15(22)6-7-26-3)16(23)12-9-11(18)4-5-13(12)19;2-1(3)4/h4-5,9-10,14H,6-8H2,1-3H3,(H,20,22)(H,24,25);2-4H/t14-;/m1./s1. The fourth-order valence-electron chi connectivity index (χ4n) is 2.21. The Morgan fingerprint density at radius 3 is 2.23 bits per heavy atom. The van der Waals surface area contributed by atoms with Crippen molar-refractivity contribution in [2.24, 2.45) is 5.92 Å². The Labute approximate surface area is 189 Å². The molecule has 0 saturated heterocycles. The third-order valence-corrected chi connectivity index (χ3v) is 4.62. The van der Waals surface area contributed by atoms with E-state index in [9.17, 15) is 19.5 Å². The highest BCUT2D eigenvalue weighted by molar-refractivity contribution is 7.98. The average Bonchev–Trinajstić information content (AvgIpc) is 2.63. The molecule has 0 saturated carbocycles. The molecule has 0 unspecified atom stereocenters. The van der Waals surface area contributed by atoms with Gasteiger partial charge in [0.15, 0.2) is 6.04 Å². The largest absolute Gasteiger partial charge is 0.631 e. The second kappa shape index (κ2) is 14.5. The SMILES string of the molecule is CSCCC(=O)NN(C(=O)c1cc(Cl)ccc1Cl)[C@H](CC(C)C)C(=O)O.OB(O)O. The first kappa shape index (κ1) is 28.5. The number of carboxylic acids is 1. The van der Waals surface area contributed by atoms with E-state index >= 15 is 0 Å². The quantitative estimate of drug-likeness (QED) is 0.277. The van der Waals surface area contributed by atoms with E-state index in [1.165, 1.54) is 30.0 Å². The Hall–Kier alpha value is -1.50. The highest BCUT2D eigenvalue weighted by atomic mass is 35.5. The minimum atomic E-state index is -2.17. The van der Waals surface area contributed by atoms with Gasteiger partial charge in [0.2, 0.25) is 5.91 Å². The van der Waals surface area contributed by atoms with Gasteiger partial charge in [0, 0.05) is 17.2 Å². The van der Waals surface area contributed by atoms with Crippen LogP contribution in [0.25, 0.3) is 0 Å². The topological polar surface area (TPSA) is 147 Å². The van der Waals surface area contributed by atoms with Gasteiger partial charge >= 0.3 is 13.3 Å². The van der Waals surface area contributed by atoms with Crippen molar-refractivity contribution >= 4 is 60.1 Å². The number of carbonyl (C=O) groups is 3. The van der Waals surface area contributed by atoms with Gasteiger partial charge in [-0.15, -0.1) is 0 Å². The van der Waals surface area contributed by atoms with Gasteiger partial charge in [-0.2, -0.15) is 11.8 Å². The second-order valence-electron chi connectivity index (χ2n) is 6.41. The number of nitrogens with zero attached hydrogens (tertiary/aromatic N) is 1. The van der Waals surface area contributed by atoms with Crippen LogP contribution >= 0.6 is 35.0 Å². The molecule has 9 nitrogen and oxygen atoms in total. The van der Waals surface area contributed by atoms with Crippen LogP contribution < -0.4 is 5.43 Å². The summed E-state index contributed by atoms with van der Waals surface area (Å²) in [5.74, 6) is -1.84. The van der Waals surface area contributed by atoms with Gasteiger partial charge < -0.3 is 20.2 Å². The molecule has 0 aliphatic heterocycles. The van der Waals surface area contributed by atoms with Crippen molar-refractivity contribution in [3.63, 3.8) is 0 Å². The number of carbonyl (C=O) groups excluding carboxylic acids is 2. The van der Waals surface area contributed by atoms with Crippen LogP contribution in [-0.2, 0) is 9.59 Å². The minimum absolute atomic E-state index is 0.00988. The van der Waals surface area contributed by atoms with Gasteiger partial charge in [-0.05, 0) is 36.8 Å². The summed E-state index contributed by atoms with van der Waals surface area (Å²) in [5.41, 5.74) is 2.46. The number of rotatable bonds is 8. The highest BCUT2D eigenvalue weighted by Crippen LogP contribution is 2.23. The number of hydrogen-bond donors (Lipinski definition) is 5. The molecule has 1 aromatic rings. The second-order valence-corrected chi connectivity index (χ2v) is 8.24. The zero-order chi connectivity index (χ0) is 23.4. The summed E-state index contributed by atoms with van der Waals surface area (Å²) in [6.07, 6.45) is 2.17. The number of halogens is 2. The molecule has 1 rings (SSSR count). The van der Waals surface area contributed by atoms with Gasteiger partial charge in [0.1, 0.15) is 0 Å². The molecular formula is C17H25BCl2N2O7S. The lowest BCUT2D eigenvalue weighted by atomic mass is 10.0. The Morgan fingerprint density at radius 1 is 1.20 bits per heavy atom. The number of aliphatic carboxylic acids is 1. The summed E-state index contributed by atoms with van der Waals surface area (Å²) in [4.78, 5) is 36.8. The molecule has 0 aliphatic rings. The third kappa shape index (κ3) is 11.0. The molecule has 0 fully saturated rings. The molecule has 0 aromatic heterocycles. The molecule has 2 amide bonds. The minimum Gasteiger partial charge on any atom is -0.480 e. The van der Waals surface area contributed by atoms with Gasteiger partial charge in [-0.1, -0.05) is 37.0 Å². The maximum Gasteiger partial charge on any atom is 0.631 e. The third-order valence-electron chi connectivity index (χ3n) is 3.45. The first-order valence-electron chi connectivity index (χ1n) is 8.74. The lowest BCUT2D eigenvalue weighted by molar-refractivity contribution is -0.145. The van der Waals surface area contributed by atoms with E-state index in [0.29, 0.717) is 5.75 Å². The normalized spacial score (nSPS) is 11.2. The fourth-order valence-corrected chi connectivity index (χ4v) is 2.97. The maximum absolute atomic E-state index is 13.0. The average molecular weight is 483 g/mol. The van der Waals surface area contributed by atoms with E-state index in [4.69, 9.17) is 38.3 Å². The summed E-state index contributed by atoms with van der Waals surface area (Å²) in [5, 5.41) is 32.3. The molecule has 30 heavy (non-hydrogen) atoms. The maximum atomic E-state index is 13.0. The number of amides is 2. The zero-order valence-electron chi connectivity index (χ0n) is 16.7. The van der Waals surface area contributed by atoms with Crippen molar-refractivity contribution < 1.29 is 34.6 Å². The molecular weight excluding hydrogens is 458 g/mol. The molecule has 0 heterocycles. The van der Waals surface area contributed by atoms with E-state index in [0.717, 1.165) is 5.01 Å². The molecule has 1 aromatic carbocycles. The van der Waals surface area contributed by atoms with Crippen LogP contribution in [0.5, 0.6) is 0 Å². The zero-order valence-corrected chi connectivity index (χ0v) is 19.0. The number of nitrogens with one attached hydrogen (secondary N) is 1. The van der Waals surface area contributed by atoms with Crippen LogP contribution in [0.15, 0.2) is 18.2 Å². The van der Waals surface area contributed by atoms with E-state index in [1.807, 2.05) is 20.1 Å². The Bertz CT molecular complexity index is 723. The van der Waals surface area contributed by atoms with Crippen molar-refractivity contribution in [1.82, 2.24) is 10.4 Å². The van der Waals surface area contributed by atoms with Crippen LogP contribution in [0, 0.1) is 5.92 Å². The first-order chi connectivity index (χ1) is 13.9. The van der Waals surface area contributed by atoms with E-state index in [2.05, 4.69) is 5.43 Å².